The summed E-state index contributed by atoms with van der Waals surface area (Å²) in [6, 6.07) is 0.310. The molecule has 0 bridgehead atoms. The Bertz CT molecular complexity index is 277. The summed E-state index contributed by atoms with van der Waals surface area (Å²) in [6.45, 7) is 2.19. The van der Waals surface area contributed by atoms with E-state index in [1.54, 1.807) is 0 Å². The third-order valence-electron chi connectivity index (χ3n) is 3.25. The monoisotopic (exact) mass is 211 g/mol. The molecule has 4 nitrogen and oxygen atoms in total. The molecule has 0 unspecified atom stereocenters. The number of carbonyl (C=O) groups excluding carboxylic acids is 2. The first kappa shape index (κ1) is 10.5. The lowest BCUT2D eigenvalue weighted by Crippen LogP contribution is -2.50. The molecule has 0 aromatic rings. The quantitative estimate of drug-likeness (QED) is 0.610. The first-order valence-corrected chi connectivity index (χ1v) is 5.63. The van der Waals surface area contributed by atoms with E-state index in [2.05, 4.69) is 0 Å². The minimum absolute atomic E-state index is 0.0228. The van der Waals surface area contributed by atoms with Crippen molar-refractivity contribution < 1.29 is 14.3 Å². The largest absolute Gasteiger partial charge is 0.462 e. The number of hydrogen-bond acceptors (Lipinski definition) is 3. The molecule has 0 spiro atoms. The topological polar surface area (TPSA) is 46.6 Å². The summed E-state index contributed by atoms with van der Waals surface area (Å²) in [5.74, 6) is 0.0584. The van der Waals surface area contributed by atoms with E-state index >= 15 is 0 Å². The van der Waals surface area contributed by atoms with Crippen LogP contribution in [0.5, 0.6) is 0 Å². The highest BCUT2D eigenvalue weighted by Gasteiger charge is 2.34. The number of hydrogen-bond donors (Lipinski definition) is 0. The van der Waals surface area contributed by atoms with Crippen molar-refractivity contribution in [3.05, 3.63) is 0 Å². The smallest absolute Gasteiger partial charge is 0.302 e. The summed E-state index contributed by atoms with van der Waals surface area (Å²) in [4.78, 5) is 24.4. The predicted octanol–water partition coefficient (Wildman–Crippen LogP) is 1.09. The molecule has 0 radical (unpaired) electrons. The number of carbonyl (C=O) groups is 2. The number of fused-ring (bicyclic) bond motifs is 1. The van der Waals surface area contributed by atoms with Crippen molar-refractivity contribution in [2.45, 2.75) is 51.2 Å². The van der Waals surface area contributed by atoms with Gasteiger partial charge < -0.3 is 9.64 Å². The van der Waals surface area contributed by atoms with Gasteiger partial charge >= 0.3 is 5.97 Å². The maximum Gasteiger partial charge on any atom is 0.302 e. The third-order valence-corrected chi connectivity index (χ3v) is 3.25. The van der Waals surface area contributed by atoms with Crippen LogP contribution in [0.2, 0.25) is 0 Å². The molecule has 1 amide bonds. The highest BCUT2D eigenvalue weighted by atomic mass is 16.5. The number of ether oxygens (including phenoxy) is 1. The molecule has 0 aliphatic carbocycles. The standard InChI is InChI=1S/C11H17NO3/c1-8(13)15-10-5-6-12-9(7-10)3-2-4-11(12)14/h9-10H,2-7H2,1H3/t9-,10+/m1/s1. The van der Waals surface area contributed by atoms with Gasteiger partial charge in [-0.2, -0.15) is 0 Å². The summed E-state index contributed by atoms with van der Waals surface area (Å²) in [6.07, 6.45) is 4.37. The van der Waals surface area contributed by atoms with E-state index < -0.39 is 0 Å². The zero-order valence-electron chi connectivity index (χ0n) is 9.07. The lowest BCUT2D eigenvalue weighted by Gasteiger charge is -2.41. The van der Waals surface area contributed by atoms with Gasteiger partial charge in [0.15, 0.2) is 0 Å². The molecule has 15 heavy (non-hydrogen) atoms. The van der Waals surface area contributed by atoms with Crippen molar-refractivity contribution in [3.63, 3.8) is 0 Å². The summed E-state index contributed by atoms with van der Waals surface area (Å²) in [5, 5.41) is 0. The van der Waals surface area contributed by atoms with Crippen molar-refractivity contribution >= 4 is 11.9 Å². The van der Waals surface area contributed by atoms with Crippen molar-refractivity contribution in [1.82, 2.24) is 4.90 Å². The van der Waals surface area contributed by atoms with Crippen molar-refractivity contribution in [2.75, 3.05) is 6.54 Å². The highest BCUT2D eigenvalue weighted by Crippen LogP contribution is 2.28. The van der Waals surface area contributed by atoms with E-state index in [-0.39, 0.29) is 18.0 Å². The van der Waals surface area contributed by atoms with Crippen LogP contribution in [0.15, 0.2) is 0 Å². The van der Waals surface area contributed by atoms with E-state index in [1.807, 2.05) is 4.90 Å². The SMILES string of the molecule is CC(=O)O[C@H]1CCN2C(=O)CCC[C@@H]2C1. The average Bonchev–Trinajstić information content (AvgIpc) is 2.17. The lowest BCUT2D eigenvalue weighted by atomic mass is 9.91. The minimum Gasteiger partial charge on any atom is -0.462 e. The van der Waals surface area contributed by atoms with Crippen LogP contribution in [0.1, 0.15) is 39.0 Å². The molecule has 2 heterocycles. The normalized spacial score (nSPS) is 31.0. The van der Waals surface area contributed by atoms with Gasteiger partial charge in [-0.25, -0.2) is 0 Å². The van der Waals surface area contributed by atoms with Gasteiger partial charge in [0.2, 0.25) is 5.91 Å². The van der Waals surface area contributed by atoms with Crippen molar-refractivity contribution in [1.29, 1.82) is 0 Å². The summed E-state index contributed by atoms with van der Waals surface area (Å²) < 4.78 is 5.20. The maximum absolute atomic E-state index is 11.6. The number of nitrogens with zero attached hydrogens (tertiary/aromatic N) is 1. The fourth-order valence-electron chi connectivity index (χ4n) is 2.59. The average molecular weight is 211 g/mol. The third kappa shape index (κ3) is 2.30. The molecule has 0 N–H and O–H groups in total. The van der Waals surface area contributed by atoms with Crippen molar-refractivity contribution in [3.8, 4) is 0 Å². The van der Waals surface area contributed by atoms with E-state index in [0.29, 0.717) is 12.5 Å². The van der Waals surface area contributed by atoms with Crippen LogP contribution in [0.25, 0.3) is 0 Å². The Hall–Kier alpha value is -1.06. The molecule has 2 saturated heterocycles. The molecular weight excluding hydrogens is 194 g/mol. The van der Waals surface area contributed by atoms with Gasteiger partial charge in [0.25, 0.3) is 0 Å². The predicted molar refractivity (Wildman–Crippen MR) is 54.1 cm³/mol. The van der Waals surface area contributed by atoms with Gasteiger partial charge in [-0.1, -0.05) is 0 Å². The van der Waals surface area contributed by atoms with Gasteiger partial charge in [0.05, 0.1) is 0 Å². The zero-order valence-corrected chi connectivity index (χ0v) is 9.07. The van der Waals surface area contributed by atoms with Gasteiger partial charge in [-0.05, 0) is 12.8 Å². The molecule has 0 saturated carbocycles. The molecule has 0 aromatic carbocycles. The molecule has 2 aliphatic heterocycles. The summed E-state index contributed by atoms with van der Waals surface area (Å²) >= 11 is 0. The van der Waals surface area contributed by atoms with Crippen LogP contribution in [-0.4, -0.2) is 35.5 Å². The van der Waals surface area contributed by atoms with E-state index in [4.69, 9.17) is 4.74 Å². The summed E-state index contributed by atoms with van der Waals surface area (Å²) in [7, 11) is 0. The van der Waals surface area contributed by atoms with Crippen LogP contribution in [0.3, 0.4) is 0 Å². The second kappa shape index (κ2) is 4.21. The van der Waals surface area contributed by atoms with Crippen LogP contribution in [-0.2, 0) is 14.3 Å². The molecule has 4 heteroatoms. The molecular formula is C11H17NO3. The van der Waals surface area contributed by atoms with Gasteiger partial charge in [0.1, 0.15) is 6.10 Å². The molecule has 0 aromatic heterocycles. The van der Waals surface area contributed by atoms with E-state index in [9.17, 15) is 9.59 Å². The first-order chi connectivity index (χ1) is 7.16. The Balaban J connectivity index is 1.93. The minimum atomic E-state index is -0.212. The van der Waals surface area contributed by atoms with E-state index in [1.165, 1.54) is 6.92 Å². The van der Waals surface area contributed by atoms with Crippen LogP contribution in [0, 0.1) is 0 Å². The zero-order chi connectivity index (χ0) is 10.8. The van der Waals surface area contributed by atoms with Gasteiger partial charge in [0, 0.05) is 38.8 Å². The number of amides is 1. The van der Waals surface area contributed by atoms with Gasteiger partial charge in [-0.15, -0.1) is 0 Å². The maximum atomic E-state index is 11.6. The number of piperidine rings is 2. The van der Waals surface area contributed by atoms with Crippen LogP contribution >= 0.6 is 0 Å². The number of esters is 1. The molecule has 2 atom stereocenters. The summed E-state index contributed by atoms with van der Waals surface area (Å²) in [5.41, 5.74) is 0. The molecule has 2 aliphatic rings. The first-order valence-electron chi connectivity index (χ1n) is 5.63. The Kier molecular flexibility index (Phi) is 2.93. The Morgan fingerprint density at radius 1 is 1.47 bits per heavy atom. The Labute approximate surface area is 89.6 Å². The second-order valence-corrected chi connectivity index (χ2v) is 4.39. The lowest BCUT2D eigenvalue weighted by molar-refractivity contribution is -0.152. The Morgan fingerprint density at radius 2 is 2.27 bits per heavy atom. The number of rotatable bonds is 1. The van der Waals surface area contributed by atoms with Crippen LogP contribution in [0.4, 0.5) is 0 Å². The van der Waals surface area contributed by atoms with E-state index in [0.717, 1.165) is 32.2 Å². The van der Waals surface area contributed by atoms with Gasteiger partial charge in [-0.3, -0.25) is 9.59 Å². The Morgan fingerprint density at radius 3 is 3.00 bits per heavy atom. The second-order valence-electron chi connectivity index (χ2n) is 4.39. The fraction of sp³-hybridized carbons (Fsp3) is 0.818. The van der Waals surface area contributed by atoms with Crippen LogP contribution < -0.4 is 0 Å². The highest BCUT2D eigenvalue weighted by molar-refractivity contribution is 5.77. The van der Waals surface area contributed by atoms with Crippen molar-refractivity contribution in [2.24, 2.45) is 0 Å². The fourth-order valence-corrected chi connectivity index (χ4v) is 2.59. The molecule has 84 valence electrons. The molecule has 2 fully saturated rings. The molecule has 2 rings (SSSR count).